The van der Waals surface area contributed by atoms with Crippen molar-refractivity contribution in [3.8, 4) is 5.75 Å². The summed E-state index contributed by atoms with van der Waals surface area (Å²) in [7, 11) is 1.62. The van der Waals surface area contributed by atoms with Crippen LogP contribution >= 0.6 is 23.1 Å². The number of hydrogen-bond donors (Lipinski definition) is 1. The van der Waals surface area contributed by atoms with Gasteiger partial charge in [-0.2, -0.15) is 0 Å². The van der Waals surface area contributed by atoms with Gasteiger partial charge in [-0.3, -0.25) is 4.79 Å². The summed E-state index contributed by atoms with van der Waals surface area (Å²) >= 11 is 3.24. The number of thioether (sulfide) groups is 1. The zero-order valence-corrected chi connectivity index (χ0v) is 18.8. The Hall–Kier alpha value is -2.12. The van der Waals surface area contributed by atoms with Crippen molar-refractivity contribution in [2.45, 2.75) is 50.5 Å². The summed E-state index contributed by atoms with van der Waals surface area (Å²) in [5, 5.41) is 5.06. The molecule has 1 aliphatic rings. The number of carbonyl (C=O) groups excluding carboxylic acids is 1. The molecule has 2 aromatic heterocycles. The number of fused-ring (bicyclic) bond motifs is 3. The van der Waals surface area contributed by atoms with Gasteiger partial charge in [0.25, 0.3) is 0 Å². The van der Waals surface area contributed by atoms with E-state index in [1.54, 1.807) is 24.8 Å². The molecule has 3 aromatic rings. The average molecular weight is 428 g/mol. The van der Waals surface area contributed by atoms with Crippen LogP contribution in [0.15, 0.2) is 29.6 Å². The lowest BCUT2D eigenvalue weighted by Gasteiger charge is -2.21. The Balaban J connectivity index is 1.51. The summed E-state index contributed by atoms with van der Waals surface area (Å²) in [4.78, 5) is 24.1. The number of methoxy groups -OCH3 is 1. The van der Waals surface area contributed by atoms with Gasteiger partial charge in [0.1, 0.15) is 21.9 Å². The van der Waals surface area contributed by atoms with Crippen LogP contribution < -0.4 is 10.1 Å². The number of anilines is 1. The van der Waals surface area contributed by atoms with Crippen LogP contribution in [0.25, 0.3) is 10.2 Å². The number of amides is 1. The number of nitrogens with zero attached hydrogens (tertiary/aromatic N) is 2. The molecule has 29 heavy (non-hydrogen) atoms. The molecule has 1 N–H and O–H groups in total. The molecule has 1 amide bonds. The molecule has 0 atom stereocenters. The van der Waals surface area contributed by atoms with Crippen LogP contribution in [0.3, 0.4) is 0 Å². The number of hydrogen-bond acceptors (Lipinski definition) is 6. The molecule has 0 saturated heterocycles. The van der Waals surface area contributed by atoms with E-state index in [4.69, 9.17) is 4.74 Å². The number of benzene rings is 1. The minimum Gasteiger partial charge on any atom is -0.495 e. The zero-order valence-electron chi connectivity index (χ0n) is 17.2. The molecule has 0 spiro atoms. The first-order chi connectivity index (χ1) is 13.9. The van der Waals surface area contributed by atoms with Gasteiger partial charge in [0.15, 0.2) is 0 Å². The SMILES string of the molecule is COc1ccc(C(C)(C)C)cc1NC(=O)CSc1ncnc2sc3c(c12)CCC3. The van der Waals surface area contributed by atoms with Crippen LogP contribution in [-0.4, -0.2) is 28.7 Å². The molecule has 0 bridgehead atoms. The number of aromatic nitrogens is 2. The Morgan fingerprint density at radius 3 is 2.86 bits per heavy atom. The number of ether oxygens (including phenoxy) is 1. The summed E-state index contributed by atoms with van der Waals surface area (Å²) < 4.78 is 5.43. The second-order valence-electron chi connectivity index (χ2n) is 8.22. The molecule has 0 aliphatic heterocycles. The van der Waals surface area contributed by atoms with Crippen molar-refractivity contribution in [2.75, 3.05) is 18.2 Å². The maximum atomic E-state index is 12.7. The number of aryl methyl sites for hydroxylation is 2. The monoisotopic (exact) mass is 427 g/mol. The average Bonchev–Trinajstić information content (AvgIpc) is 3.26. The van der Waals surface area contributed by atoms with Crippen LogP contribution in [0, 0.1) is 0 Å². The van der Waals surface area contributed by atoms with E-state index >= 15 is 0 Å². The number of thiophene rings is 1. The second-order valence-corrected chi connectivity index (χ2v) is 10.3. The summed E-state index contributed by atoms with van der Waals surface area (Å²) in [6.07, 6.45) is 5.01. The predicted molar refractivity (Wildman–Crippen MR) is 120 cm³/mol. The fraction of sp³-hybridized carbons (Fsp3) is 0.409. The van der Waals surface area contributed by atoms with E-state index in [1.165, 1.54) is 28.6 Å². The van der Waals surface area contributed by atoms with Gasteiger partial charge in [0.2, 0.25) is 5.91 Å². The summed E-state index contributed by atoms with van der Waals surface area (Å²) in [5.41, 5.74) is 3.22. The maximum Gasteiger partial charge on any atom is 0.234 e. The summed E-state index contributed by atoms with van der Waals surface area (Å²) in [6, 6.07) is 5.94. The van der Waals surface area contributed by atoms with Gasteiger partial charge in [-0.05, 0) is 47.9 Å². The van der Waals surface area contributed by atoms with Crippen molar-refractivity contribution in [1.82, 2.24) is 9.97 Å². The van der Waals surface area contributed by atoms with Crippen LogP contribution in [-0.2, 0) is 23.1 Å². The van der Waals surface area contributed by atoms with E-state index in [0.717, 1.165) is 33.6 Å². The molecule has 1 aromatic carbocycles. The van der Waals surface area contributed by atoms with Gasteiger partial charge in [-0.15, -0.1) is 11.3 Å². The maximum absolute atomic E-state index is 12.7. The first-order valence-corrected chi connectivity index (χ1v) is 11.5. The molecule has 2 heterocycles. The van der Waals surface area contributed by atoms with Crippen molar-refractivity contribution < 1.29 is 9.53 Å². The highest BCUT2D eigenvalue weighted by atomic mass is 32.2. The van der Waals surface area contributed by atoms with E-state index in [9.17, 15) is 4.79 Å². The molecule has 152 valence electrons. The van der Waals surface area contributed by atoms with Crippen molar-refractivity contribution in [1.29, 1.82) is 0 Å². The highest BCUT2D eigenvalue weighted by molar-refractivity contribution is 8.00. The Labute approximate surface area is 179 Å². The largest absolute Gasteiger partial charge is 0.495 e. The smallest absolute Gasteiger partial charge is 0.234 e. The van der Waals surface area contributed by atoms with Crippen molar-refractivity contribution in [3.05, 3.63) is 40.5 Å². The number of rotatable bonds is 5. The van der Waals surface area contributed by atoms with Crippen molar-refractivity contribution in [3.63, 3.8) is 0 Å². The van der Waals surface area contributed by atoms with Gasteiger partial charge in [0, 0.05) is 10.3 Å². The Kier molecular flexibility index (Phi) is 5.53. The molecule has 0 radical (unpaired) electrons. The fourth-order valence-corrected chi connectivity index (χ4v) is 5.72. The lowest BCUT2D eigenvalue weighted by atomic mass is 9.87. The normalized spacial score (nSPS) is 13.5. The third kappa shape index (κ3) is 4.12. The predicted octanol–water partition coefficient (Wildman–Crippen LogP) is 5.22. The van der Waals surface area contributed by atoms with Crippen LogP contribution in [0.1, 0.15) is 43.2 Å². The van der Waals surface area contributed by atoms with Crippen molar-refractivity contribution >= 4 is 44.9 Å². The van der Waals surface area contributed by atoms with E-state index in [0.29, 0.717) is 17.2 Å². The van der Waals surface area contributed by atoms with E-state index in [2.05, 4.69) is 36.1 Å². The highest BCUT2D eigenvalue weighted by Crippen LogP contribution is 2.40. The van der Waals surface area contributed by atoms with Crippen LogP contribution in [0.5, 0.6) is 5.75 Å². The van der Waals surface area contributed by atoms with E-state index in [1.807, 2.05) is 18.2 Å². The Morgan fingerprint density at radius 2 is 2.10 bits per heavy atom. The molecule has 1 aliphatic carbocycles. The number of carbonyl (C=O) groups is 1. The van der Waals surface area contributed by atoms with Crippen molar-refractivity contribution in [2.24, 2.45) is 0 Å². The Bertz CT molecular complexity index is 1070. The molecular weight excluding hydrogens is 402 g/mol. The standard InChI is InChI=1S/C22H25N3O2S2/c1-22(2,3)13-8-9-16(27-4)15(10-13)25-18(26)11-28-20-19-14-6-5-7-17(14)29-21(19)24-12-23-20/h8-10,12H,5-7,11H2,1-4H3,(H,25,26). The fourth-order valence-electron chi connectivity index (χ4n) is 3.60. The molecule has 5 nitrogen and oxygen atoms in total. The third-order valence-corrected chi connectivity index (χ3v) is 7.34. The van der Waals surface area contributed by atoms with E-state index < -0.39 is 0 Å². The van der Waals surface area contributed by atoms with Crippen LogP contribution in [0.2, 0.25) is 0 Å². The number of nitrogens with one attached hydrogen (secondary N) is 1. The lowest BCUT2D eigenvalue weighted by Crippen LogP contribution is -2.17. The molecule has 7 heteroatoms. The van der Waals surface area contributed by atoms with Gasteiger partial charge < -0.3 is 10.1 Å². The molecular formula is C22H25N3O2S2. The topological polar surface area (TPSA) is 64.1 Å². The zero-order chi connectivity index (χ0) is 20.6. The van der Waals surface area contributed by atoms with Gasteiger partial charge in [0.05, 0.1) is 18.6 Å². The first kappa shape index (κ1) is 20.2. The molecule has 0 unspecified atom stereocenters. The second kappa shape index (κ2) is 7.95. The Morgan fingerprint density at radius 1 is 1.28 bits per heavy atom. The van der Waals surface area contributed by atoms with Gasteiger partial charge in [-0.25, -0.2) is 9.97 Å². The van der Waals surface area contributed by atoms with Gasteiger partial charge in [-0.1, -0.05) is 38.6 Å². The van der Waals surface area contributed by atoms with E-state index in [-0.39, 0.29) is 11.3 Å². The molecule has 0 fully saturated rings. The van der Waals surface area contributed by atoms with Gasteiger partial charge >= 0.3 is 0 Å². The first-order valence-electron chi connectivity index (χ1n) is 9.73. The summed E-state index contributed by atoms with van der Waals surface area (Å²) in [6.45, 7) is 6.45. The minimum atomic E-state index is -0.0713. The third-order valence-electron chi connectivity index (χ3n) is 5.15. The minimum absolute atomic E-state index is 0.00755. The highest BCUT2D eigenvalue weighted by Gasteiger charge is 2.22. The quantitative estimate of drug-likeness (QED) is 0.447. The lowest BCUT2D eigenvalue weighted by molar-refractivity contribution is -0.113. The molecule has 4 rings (SSSR count). The van der Waals surface area contributed by atoms with Crippen LogP contribution in [0.4, 0.5) is 5.69 Å². The summed E-state index contributed by atoms with van der Waals surface area (Å²) in [5.74, 6) is 0.883. The molecule has 0 saturated carbocycles.